The van der Waals surface area contributed by atoms with Crippen LogP contribution in [0.3, 0.4) is 0 Å². The first-order valence-electron chi connectivity index (χ1n) is 4.55. The second-order valence-electron chi connectivity index (χ2n) is 3.57. The van der Waals surface area contributed by atoms with Crippen LogP contribution in [0.2, 0.25) is 0 Å². The highest BCUT2D eigenvalue weighted by Crippen LogP contribution is 2.50. The van der Waals surface area contributed by atoms with Crippen LogP contribution < -0.4 is 5.09 Å². The number of hydrogen-bond acceptors (Lipinski definition) is 3. The summed E-state index contributed by atoms with van der Waals surface area (Å²) in [5.41, 5.74) is 0. The van der Waals surface area contributed by atoms with Crippen molar-refractivity contribution in [3.63, 3.8) is 0 Å². The predicted molar refractivity (Wildman–Crippen MR) is 60.4 cm³/mol. The van der Waals surface area contributed by atoms with E-state index in [1.54, 1.807) is 0 Å². The normalized spacial score (nSPS) is 15.5. The Balaban J connectivity index is 3.72. The minimum atomic E-state index is -3.29. The van der Waals surface area contributed by atoms with Gasteiger partial charge >= 0.3 is 6.72 Å². The molecule has 1 atom stereocenters. The zero-order valence-electron chi connectivity index (χ0n) is 8.82. The molecule has 0 aromatic carbocycles. The SMILES string of the molecule is CC(=O)CCNP(=O)(O)SCC(C)C. The molecule has 0 bridgehead atoms. The zero-order chi connectivity index (χ0) is 11.2. The second kappa shape index (κ2) is 6.62. The Labute approximate surface area is 89.1 Å². The third-order valence-corrected chi connectivity index (χ3v) is 5.04. The Morgan fingerprint density at radius 1 is 1.57 bits per heavy atom. The molecule has 0 amide bonds. The standard InChI is InChI=1S/C8H18NO3PS/c1-7(2)6-14-13(11,12)9-5-4-8(3)10/h7H,4-6H2,1-3H3,(H2,9,11,12). The van der Waals surface area contributed by atoms with Crippen molar-refractivity contribution in [2.45, 2.75) is 27.2 Å². The fraction of sp³-hybridized carbons (Fsp3) is 0.875. The lowest BCUT2D eigenvalue weighted by Gasteiger charge is -2.12. The third-order valence-electron chi connectivity index (χ3n) is 1.37. The first-order valence-corrected chi connectivity index (χ1v) is 7.80. The fourth-order valence-electron chi connectivity index (χ4n) is 0.669. The number of nitrogens with one attached hydrogen (secondary N) is 1. The molecule has 0 aliphatic carbocycles. The van der Waals surface area contributed by atoms with Crippen LogP contribution in [0.1, 0.15) is 27.2 Å². The maximum absolute atomic E-state index is 11.4. The highest BCUT2D eigenvalue weighted by molar-refractivity contribution is 8.55. The number of Topliss-reactive ketones (excluding diaryl/α,β-unsaturated/α-hetero) is 1. The van der Waals surface area contributed by atoms with E-state index >= 15 is 0 Å². The van der Waals surface area contributed by atoms with Crippen LogP contribution in [0.4, 0.5) is 0 Å². The summed E-state index contributed by atoms with van der Waals surface area (Å²) in [6.07, 6.45) is 0.298. The predicted octanol–water partition coefficient (Wildman–Crippen LogP) is 2.04. The molecule has 0 saturated heterocycles. The summed E-state index contributed by atoms with van der Waals surface area (Å²) in [4.78, 5) is 19.9. The van der Waals surface area contributed by atoms with Gasteiger partial charge in [-0.05, 0) is 12.8 Å². The van der Waals surface area contributed by atoms with Gasteiger partial charge in [0.05, 0.1) is 0 Å². The van der Waals surface area contributed by atoms with Gasteiger partial charge in [0.1, 0.15) is 5.78 Å². The molecule has 0 aromatic heterocycles. The van der Waals surface area contributed by atoms with E-state index in [0.29, 0.717) is 18.1 Å². The Bertz CT molecular complexity index is 233. The van der Waals surface area contributed by atoms with Crippen molar-refractivity contribution < 1.29 is 14.3 Å². The molecule has 0 spiro atoms. The van der Waals surface area contributed by atoms with Crippen molar-refractivity contribution >= 4 is 23.9 Å². The van der Waals surface area contributed by atoms with Crippen LogP contribution in [-0.2, 0) is 9.36 Å². The smallest absolute Gasteiger partial charge is 0.323 e. The van der Waals surface area contributed by atoms with E-state index in [0.717, 1.165) is 11.4 Å². The quantitative estimate of drug-likeness (QED) is 0.665. The van der Waals surface area contributed by atoms with Crippen molar-refractivity contribution in [3.8, 4) is 0 Å². The first kappa shape index (κ1) is 14.2. The molecule has 0 aliphatic heterocycles. The molecule has 0 aromatic rings. The summed E-state index contributed by atoms with van der Waals surface area (Å²) < 4.78 is 11.4. The Kier molecular flexibility index (Phi) is 6.70. The van der Waals surface area contributed by atoms with Crippen LogP contribution >= 0.6 is 18.1 Å². The lowest BCUT2D eigenvalue weighted by atomic mass is 10.3. The molecule has 6 heteroatoms. The van der Waals surface area contributed by atoms with E-state index in [1.165, 1.54) is 6.92 Å². The summed E-state index contributed by atoms with van der Waals surface area (Å²) in [7, 11) is 0. The van der Waals surface area contributed by atoms with Crippen molar-refractivity contribution in [1.29, 1.82) is 0 Å². The minimum absolute atomic E-state index is 0.0198. The maximum Gasteiger partial charge on any atom is 0.323 e. The first-order chi connectivity index (χ1) is 6.33. The van der Waals surface area contributed by atoms with E-state index < -0.39 is 6.72 Å². The summed E-state index contributed by atoms with van der Waals surface area (Å²) >= 11 is 1.03. The number of ketones is 1. The van der Waals surface area contributed by atoms with Gasteiger partial charge in [-0.1, -0.05) is 25.2 Å². The fourth-order valence-corrected chi connectivity index (χ4v) is 3.70. The Morgan fingerprint density at radius 2 is 2.14 bits per heavy atom. The van der Waals surface area contributed by atoms with Crippen LogP contribution in [0.15, 0.2) is 0 Å². The van der Waals surface area contributed by atoms with Gasteiger partial charge in [-0.3, -0.25) is 9.36 Å². The molecule has 0 saturated carbocycles. The number of hydrogen-bond donors (Lipinski definition) is 2. The number of carbonyl (C=O) groups excluding carboxylic acids is 1. The Morgan fingerprint density at radius 3 is 2.57 bits per heavy atom. The highest BCUT2D eigenvalue weighted by atomic mass is 32.7. The molecule has 0 heterocycles. The second-order valence-corrected chi connectivity index (χ2v) is 7.78. The van der Waals surface area contributed by atoms with Gasteiger partial charge in [0.15, 0.2) is 0 Å². The minimum Gasteiger partial charge on any atom is -0.326 e. The van der Waals surface area contributed by atoms with Gasteiger partial charge in [0.25, 0.3) is 0 Å². The van der Waals surface area contributed by atoms with Gasteiger partial charge in [-0.25, -0.2) is 5.09 Å². The topological polar surface area (TPSA) is 66.4 Å². The van der Waals surface area contributed by atoms with Crippen LogP contribution in [0, 0.1) is 5.92 Å². The van der Waals surface area contributed by atoms with Crippen molar-refractivity contribution in [3.05, 3.63) is 0 Å². The average Bonchev–Trinajstić information content (AvgIpc) is 2.00. The molecule has 2 N–H and O–H groups in total. The van der Waals surface area contributed by atoms with Crippen LogP contribution in [0.5, 0.6) is 0 Å². The van der Waals surface area contributed by atoms with Crippen LogP contribution in [-0.4, -0.2) is 23.0 Å². The highest BCUT2D eigenvalue weighted by Gasteiger charge is 2.18. The molecule has 0 fully saturated rings. The summed E-state index contributed by atoms with van der Waals surface area (Å²) in [6, 6.07) is 0. The maximum atomic E-state index is 11.4. The van der Waals surface area contributed by atoms with E-state index in [4.69, 9.17) is 0 Å². The van der Waals surface area contributed by atoms with E-state index in [9.17, 15) is 14.3 Å². The molecule has 0 aliphatic rings. The Hall–Kier alpha value is 0.170. The molecule has 1 unspecified atom stereocenters. The van der Waals surface area contributed by atoms with Gasteiger partial charge in [-0.15, -0.1) is 0 Å². The van der Waals surface area contributed by atoms with Crippen molar-refractivity contribution in [2.75, 3.05) is 12.3 Å². The van der Waals surface area contributed by atoms with Gasteiger partial charge in [0, 0.05) is 18.7 Å². The monoisotopic (exact) mass is 239 g/mol. The molecular weight excluding hydrogens is 221 g/mol. The van der Waals surface area contributed by atoms with Crippen molar-refractivity contribution in [2.24, 2.45) is 5.92 Å². The molecule has 0 radical (unpaired) electrons. The van der Waals surface area contributed by atoms with Crippen LogP contribution in [0.25, 0.3) is 0 Å². The average molecular weight is 239 g/mol. The lowest BCUT2D eigenvalue weighted by molar-refractivity contribution is -0.116. The largest absolute Gasteiger partial charge is 0.326 e. The molecule has 4 nitrogen and oxygen atoms in total. The van der Waals surface area contributed by atoms with Crippen molar-refractivity contribution in [1.82, 2.24) is 5.09 Å². The van der Waals surface area contributed by atoms with E-state index in [2.05, 4.69) is 5.09 Å². The number of rotatable bonds is 7. The molecule has 0 rings (SSSR count). The van der Waals surface area contributed by atoms with E-state index in [1.807, 2.05) is 13.8 Å². The number of carbonyl (C=O) groups is 1. The molecule has 14 heavy (non-hydrogen) atoms. The van der Waals surface area contributed by atoms with E-state index in [-0.39, 0.29) is 12.3 Å². The molecular formula is C8H18NO3PS. The van der Waals surface area contributed by atoms with Gasteiger partial charge in [0.2, 0.25) is 0 Å². The van der Waals surface area contributed by atoms with Gasteiger partial charge in [-0.2, -0.15) is 0 Å². The summed E-state index contributed by atoms with van der Waals surface area (Å²) in [5.74, 6) is 1.04. The third kappa shape index (κ3) is 8.75. The van der Waals surface area contributed by atoms with Gasteiger partial charge < -0.3 is 4.89 Å². The summed E-state index contributed by atoms with van der Waals surface area (Å²) in [5, 5.41) is 2.50. The lowest BCUT2D eigenvalue weighted by Crippen LogP contribution is -2.13. The summed E-state index contributed by atoms with van der Waals surface area (Å²) in [6.45, 7) is 2.42. The molecule has 84 valence electrons. The zero-order valence-corrected chi connectivity index (χ0v) is 10.5.